The van der Waals surface area contributed by atoms with Gasteiger partial charge >= 0.3 is 0 Å². The number of hydrogen-bond donors (Lipinski definition) is 1. The number of carbonyl (C=O) groups is 1. The van der Waals surface area contributed by atoms with Crippen LogP contribution in [0.3, 0.4) is 0 Å². The Bertz CT molecular complexity index is 405. The predicted octanol–water partition coefficient (Wildman–Crippen LogP) is 0.0341. The number of Topliss-reactive ketones (excluding diaryl/α,β-unsaturated/α-hetero) is 1. The van der Waals surface area contributed by atoms with Crippen LogP contribution in [-0.2, 0) is 22.5 Å². The molecule has 0 amide bonds. The molecule has 0 bridgehead atoms. The Morgan fingerprint density at radius 2 is 2.44 bits per heavy atom. The monoisotopic (exact) mass is 252 g/mol. The molecule has 0 aromatic carbocycles. The molecule has 2 unspecified atom stereocenters. The highest BCUT2D eigenvalue weighted by Crippen LogP contribution is 2.16. The van der Waals surface area contributed by atoms with Gasteiger partial charge in [0.25, 0.3) is 0 Å². The Labute approximate surface area is 107 Å². The normalized spacial score (nSPS) is 23.4. The first kappa shape index (κ1) is 13.2. The molecule has 100 valence electrons. The van der Waals surface area contributed by atoms with Crippen LogP contribution in [-0.4, -0.2) is 46.9 Å². The van der Waals surface area contributed by atoms with Gasteiger partial charge in [-0.3, -0.25) is 4.79 Å². The summed E-state index contributed by atoms with van der Waals surface area (Å²) >= 11 is 0. The van der Waals surface area contributed by atoms with E-state index in [-0.39, 0.29) is 17.7 Å². The first-order valence-corrected chi connectivity index (χ1v) is 6.40. The number of ether oxygens (including phenoxy) is 1. The van der Waals surface area contributed by atoms with Crippen molar-refractivity contribution in [3.8, 4) is 0 Å². The molecule has 0 radical (unpaired) electrons. The summed E-state index contributed by atoms with van der Waals surface area (Å²) in [5, 5.41) is 7.26. The van der Waals surface area contributed by atoms with Crippen LogP contribution >= 0.6 is 0 Å². The second kappa shape index (κ2) is 6.06. The van der Waals surface area contributed by atoms with Gasteiger partial charge in [0.15, 0.2) is 0 Å². The van der Waals surface area contributed by atoms with E-state index in [0.29, 0.717) is 19.6 Å². The van der Waals surface area contributed by atoms with Crippen molar-refractivity contribution in [2.75, 3.05) is 20.3 Å². The van der Waals surface area contributed by atoms with E-state index in [4.69, 9.17) is 4.74 Å². The van der Waals surface area contributed by atoms with Crippen molar-refractivity contribution in [3.05, 3.63) is 12.2 Å². The van der Waals surface area contributed by atoms with Gasteiger partial charge in [0.1, 0.15) is 17.9 Å². The lowest BCUT2D eigenvalue weighted by Crippen LogP contribution is -2.37. The van der Waals surface area contributed by atoms with Crippen LogP contribution in [0.25, 0.3) is 0 Å². The zero-order valence-electron chi connectivity index (χ0n) is 10.9. The van der Waals surface area contributed by atoms with E-state index in [1.54, 1.807) is 0 Å². The average Bonchev–Trinajstić information content (AvgIpc) is 2.98. The summed E-state index contributed by atoms with van der Waals surface area (Å²) in [4.78, 5) is 16.4. The second-order valence-electron chi connectivity index (χ2n) is 4.58. The SMILES string of the molecule is CCCn1ncnc1CC(=O)C1COCC1NC. The number of ketones is 1. The lowest BCUT2D eigenvalue weighted by molar-refractivity contribution is -0.122. The molecule has 1 fully saturated rings. The summed E-state index contributed by atoms with van der Waals surface area (Å²) in [6, 6.07) is 0.125. The smallest absolute Gasteiger partial charge is 0.147 e. The second-order valence-corrected chi connectivity index (χ2v) is 4.58. The molecular formula is C12H20N4O2. The minimum absolute atomic E-state index is 0.0678. The van der Waals surface area contributed by atoms with Gasteiger partial charge < -0.3 is 10.1 Å². The molecule has 0 saturated carbocycles. The molecule has 6 nitrogen and oxygen atoms in total. The standard InChI is InChI=1S/C12H20N4O2/c1-3-4-16-12(14-8-15-16)5-11(17)9-6-18-7-10(9)13-2/h8-10,13H,3-7H2,1-2H3. The minimum atomic E-state index is -0.0678. The summed E-state index contributed by atoms with van der Waals surface area (Å²) in [6.07, 6.45) is 2.83. The fourth-order valence-corrected chi connectivity index (χ4v) is 2.27. The highest BCUT2D eigenvalue weighted by molar-refractivity contribution is 5.83. The maximum absolute atomic E-state index is 12.2. The van der Waals surface area contributed by atoms with Gasteiger partial charge in [-0.25, -0.2) is 9.67 Å². The first-order valence-electron chi connectivity index (χ1n) is 6.40. The molecule has 1 aromatic rings. The molecule has 2 heterocycles. The van der Waals surface area contributed by atoms with Crippen molar-refractivity contribution in [2.45, 2.75) is 32.4 Å². The zero-order valence-corrected chi connectivity index (χ0v) is 10.9. The zero-order chi connectivity index (χ0) is 13.0. The molecule has 1 aliphatic heterocycles. The van der Waals surface area contributed by atoms with E-state index in [1.165, 1.54) is 6.33 Å². The molecule has 2 rings (SSSR count). The van der Waals surface area contributed by atoms with Crippen LogP contribution in [0.1, 0.15) is 19.2 Å². The van der Waals surface area contributed by atoms with Crippen LogP contribution in [0.2, 0.25) is 0 Å². The summed E-state index contributed by atoms with van der Waals surface area (Å²) in [5.74, 6) is 0.864. The Kier molecular flexibility index (Phi) is 4.43. The van der Waals surface area contributed by atoms with E-state index in [2.05, 4.69) is 22.3 Å². The molecule has 1 aliphatic rings. The molecule has 1 N–H and O–H groups in total. The van der Waals surface area contributed by atoms with Crippen LogP contribution in [0.4, 0.5) is 0 Å². The van der Waals surface area contributed by atoms with Gasteiger partial charge in [-0.05, 0) is 13.5 Å². The van der Waals surface area contributed by atoms with Gasteiger partial charge in [0.2, 0.25) is 0 Å². The Morgan fingerprint density at radius 1 is 1.61 bits per heavy atom. The molecule has 1 saturated heterocycles. The number of aryl methyl sites for hydroxylation is 1. The van der Waals surface area contributed by atoms with E-state index in [9.17, 15) is 4.79 Å². The molecule has 2 atom stereocenters. The van der Waals surface area contributed by atoms with E-state index < -0.39 is 0 Å². The summed E-state index contributed by atoms with van der Waals surface area (Å²) in [5.41, 5.74) is 0. The number of carbonyl (C=O) groups excluding carboxylic acids is 1. The predicted molar refractivity (Wildman–Crippen MR) is 66.2 cm³/mol. The van der Waals surface area contributed by atoms with Gasteiger partial charge in [0.05, 0.1) is 25.6 Å². The maximum Gasteiger partial charge on any atom is 0.147 e. The summed E-state index contributed by atoms with van der Waals surface area (Å²) in [6.45, 7) is 4.00. The highest BCUT2D eigenvalue weighted by atomic mass is 16.5. The van der Waals surface area contributed by atoms with Crippen molar-refractivity contribution in [2.24, 2.45) is 5.92 Å². The lowest BCUT2D eigenvalue weighted by atomic mass is 9.96. The molecule has 6 heteroatoms. The number of likely N-dealkylation sites (N-methyl/N-ethyl adjacent to an activating group) is 1. The van der Waals surface area contributed by atoms with Crippen LogP contribution in [0, 0.1) is 5.92 Å². The Hall–Kier alpha value is -1.27. The third-order valence-corrected chi connectivity index (χ3v) is 3.33. The number of aromatic nitrogens is 3. The number of nitrogens with zero attached hydrogens (tertiary/aromatic N) is 3. The number of nitrogens with one attached hydrogen (secondary N) is 1. The first-order chi connectivity index (χ1) is 8.76. The Morgan fingerprint density at radius 3 is 3.17 bits per heavy atom. The summed E-state index contributed by atoms with van der Waals surface area (Å²) < 4.78 is 7.16. The molecule has 0 aliphatic carbocycles. The van der Waals surface area contributed by atoms with Crippen molar-refractivity contribution in [3.63, 3.8) is 0 Å². The molecular weight excluding hydrogens is 232 g/mol. The molecule has 1 aromatic heterocycles. The third kappa shape index (κ3) is 2.76. The quantitative estimate of drug-likeness (QED) is 0.774. The fraction of sp³-hybridized carbons (Fsp3) is 0.750. The number of rotatable bonds is 6. The topological polar surface area (TPSA) is 69.0 Å². The minimum Gasteiger partial charge on any atom is -0.379 e. The van der Waals surface area contributed by atoms with Crippen LogP contribution < -0.4 is 5.32 Å². The largest absolute Gasteiger partial charge is 0.379 e. The van der Waals surface area contributed by atoms with Gasteiger partial charge in [-0.1, -0.05) is 6.92 Å². The van der Waals surface area contributed by atoms with Crippen LogP contribution in [0.5, 0.6) is 0 Å². The van der Waals surface area contributed by atoms with E-state index in [1.807, 2.05) is 11.7 Å². The lowest BCUT2D eigenvalue weighted by Gasteiger charge is -2.15. The Balaban J connectivity index is 2.00. The average molecular weight is 252 g/mol. The maximum atomic E-state index is 12.2. The van der Waals surface area contributed by atoms with Crippen LogP contribution in [0.15, 0.2) is 6.33 Å². The van der Waals surface area contributed by atoms with Crippen molar-refractivity contribution in [1.29, 1.82) is 0 Å². The van der Waals surface area contributed by atoms with E-state index >= 15 is 0 Å². The molecule has 0 spiro atoms. The summed E-state index contributed by atoms with van der Waals surface area (Å²) in [7, 11) is 1.86. The van der Waals surface area contributed by atoms with E-state index in [0.717, 1.165) is 18.8 Å². The molecule has 18 heavy (non-hydrogen) atoms. The highest BCUT2D eigenvalue weighted by Gasteiger charge is 2.33. The van der Waals surface area contributed by atoms with Crippen molar-refractivity contribution < 1.29 is 9.53 Å². The van der Waals surface area contributed by atoms with Crippen molar-refractivity contribution in [1.82, 2.24) is 20.1 Å². The fourth-order valence-electron chi connectivity index (χ4n) is 2.27. The van der Waals surface area contributed by atoms with Gasteiger partial charge in [0, 0.05) is 12.6 Å². The van der Waals surface area contributed by atoms with Gasteiger partial charge in [-0.2, -0.15) is 5.10 Å². The van der Waals surface area contributed by atoms with Gasteiger partial charge in [-0.15, -0.1) is 0 Å². The van der Waals surface area contributed by atoms with Crippen molar-refractivity contribution >= 4 is 5.78 Å². The third-order valence-electron chi connectivity index (χ3n) is 3.33. The number of hydrogen-bond acceptors (Lipinski definition) is 5.